The molecule has 4 rings (SSSR count). The molecule has 1 aliphatic carbocycles. The number of carbonyl (C=O) groups excluding carboxylic acids is 1. The number of amides is 1. The second-order valence-corrected chi connectivity index (χ2v) is 6.56. The topological polar surface area (TPSA) is 61.9 Å². The minimum absolute atomic E-state index is 0.0805. The summed E-state index contributed by atoms with van der Waals surface area (Å²) in [5, 5.41) is 7.37. The predicted octanol–water partition coefficient (Wildman–Crippen LogP) is 2.17. The number of nitrogens with one attached hydrogen (secondary N) is 1. The molecule has 1 aliphatic heterocycles. The molecule has 0 spiro atoms. The molecule has 1 amide bonds. The molecule has 2 aromatic heterocycles. The molecule has 0 unspecified atom stereocenters. The fraction of sp³-hybridized carbons (Fsp3) is 0.471. The first-order chi connectivity index (χ1) is 10.7. The molecule has 22 heavy (non-hydrogen) atoms. The molecule has 2 aliphatic rings. The summed E-state index contributed by atoms with van der Waals surface area (Å²) in [6.45, 7) is 3.80. The second-order valence-electron chi connectivity index (χ2n) is 6.56. The summed E-state index contributed by atoms with van der Waals surface area (Å²) in [7, 11) is 0. The second kappa shape index (κ2) is 5.23. The Balaban J connectivity index is 1.47. The summed E-state index contributed by atoms with van der Waals surface area (Å²) in [6.07, 6.45) is 6.78. The quantitative estimate of drug-likeness (QED) is 0.924. The van der Waals surface area contributed by atoms with Crippen molar-refractivity contribution >= 4 is 5.91 Å². The van der Waals surface area contributed by atoms with Gasteiger partial charge in [-0.1, -0.05) is 6.92 Å². The van der Waals surface area contributed by atoms with Gasteiger partial charge in [0.25, 0.3) is 5.91 Å². The third-order valence-electron chi connectivity index (χ3n) is 4.94. The van der Waals surface area contributed by atoms with Crippen molar-refractivity contribution in [3.8, 4) is 0 Å². The van der Waals surface area contributed by atoms with Crippen molar-refractivity contribution in [3.63, 3.8) is 0 Å². The van der Waals surface area contributed by atoms with Crippen molar-refractivity contribution in [2.24, 2.45) is 5.92 Å². The number of likely N-dealkylation sites (tertiary alicyclic amines) is 1. The average molecular weight is 296 g/mol. The van der Waals surface area contributed by atoms with E-state index in [2.05, 4.69) is 22.1 Å². The summed E-state index contributed by atoms with van der Waals surface area (Å²) >= 11 is 0. The molecule has 0 radical (unpaired) electrons. The lowest BCUT2D eigenvalue weighted by molar-refractivity contribution is 0.0594. The van der Waals surface area contributed by atoms with Crippen molar-refractivity contribution in [1.29, 1.82) is 0 Å². The van der Waals surface area contributed by atoms with E-state index in [1.807, 2.05) is 29.4 Å². The van der Waals surface area contributed by atoms with Gasteiger partial charge in [-0.15, -0.1) is 0 Å². The van der Waals surface area contributed by atoms with Crippen LogP contribution in [-0.2, 0) is 12.8 Å². The van der Waals surface area contributed by atoms with Crippen LogP contribution in [0.15, 0.2) is 24.5 Å². The molecule has 1 atom stereocenters. The van der Waals surface area contributed by atoms with Gasteiger partial charge < -0.3 is 4.90 Å². The van der Waals surface area contributed by atoms with Gasteiger partial charge in [0.15, 0.2) is 5.69 Å². The minimum Gasteiger partial charge on any atom is -0.336 e. The van der Waals surface area contributed by atoms with Crippen molar-refractivity contribution in [2.45, 2.75) is 32.1 Å². The van der Waals surface area contributed by atoms with Crippen LogP contribution in [0.25, 0.3) is 0 Å². The maximum atomic E-state index is 12.7. The zero-order valence-corrected chi connectivity index (χ0v) is 12.7. The van der Waals surface area contributed by atoms with Crippen molar-refractivity contribution in [3.05, 3.63) is 47.0 Å². The predicted molar refractivity (Wildman–Crippen MR) is 82.7 cm³/mol. The molecular formula is C17H20N4O. The highest BCUT2D eigenvalue weighted by Crippen LogP contribution is 2.31. The van der Waals surface area contributed by atoms with Crippen LogP contribution in [0.4, 0.5) is 0 Å². The zero-order valence-electron chi connectivity index (χ0n) is 12.7. The molecule has 0 bridgehead atoms. The number of fused-ring (bicyclic) bond motifs is 1. The summed E-state index contributed by atoms with van der Waals surface area (Å²) in [5.41, 5.74) is 4.22. The van der Waals surface area contributed by atoms with E-state index in [9.17, 15) is 4.79 Å². The van der Waals surface area contributed by atoms with E-state index in [4.69, 9.17) is 0 Å². The first-order valence-corrected chi connectivity index (χ1v) is 7.97. The lowest BCUT2D eigenvalue weighted by atomic mass is 9.87. The molecule has 1 N–H and O–H groups in total. The molecule has 2 aromatic rings. The number of hydrogen-bond donors (Lipinski definition) is 1. The number of carbonyl (C=O) groups is 1. The molecular weight excluding hydrogens is 276 g/mol. The molecule has 5 heteroatoms. The number of hydrogen-bond acceptors (Lipinski definition) is 3. The average Bonchev–Trinajstić information content (AvgIpc) is 2.89. The number of H-pyrrole nitrogens is 1. The molecule has 0 saturated carbocycles. The van der Waals surface area contributed by atoms with Gasteiger partial charge in [-0.2, -0.15) is 5.10 Å². The zero-order chi connectivity index (χ0) is 15.1. The normalized spacial score (nSPS) is 21.3. The number of aromatic nitrogens is 3. The van der Waals surface area contributed by atoms with Crippen molar-refractivity contribution < 1.29 is 4.79 Å². The van der Waals surface area contributed by atoms with E-state index in [1.54, 1.807) is 0 Å². The number of aryl methyl sites for hydroxylation is 1. The fourth-order valence-electron chi connectivity index (χ4n) is 3.49. The third-order valence-corrected chi connectivity index (χ3v) is 4.94. The van der Waals surface area contributed by atoms with Crippen LogP contribution >= 0.6 is 0 Å². The Kier molecular flexibility index (Phi) is 3.21. The van der Waals surface area contributed by atoms with Gasteiger partial charge in [0.1, 0.15) is 0 Å². The van der Waals surface area contributed by atoms with Crippen LogP contribution in [0.3, 0.4) is 0 Å². The first kappa shape index (κ1) is 13.5. The largest absolute Gasteiger partial charge is 0.336 e. The Bertz CT molecular complexity index is 688. The molecule has 5 nitrogen and oxygen atoms in total. The van der Waals surface area contributed by atoms with Crippen LogP contribution in [-0.4, -0.2) is 39.1 Å². The Morgan fingerprint density at radius 2 is 2.09 bits per heavy atom. The number of aromatic amines is 1. The van der Waals surface area contributed by atoms with Crippen LogP contribution in [0.5, 0.6) is 0 Å². The van der Waals surface area contributed by atoms with Crippen molar-refractivity contribution in [2.75, 3.05) is 13.1 Å². The van der Waals surface area contributed by atoms with E-state index in [-0.39, 0.29) is 5.91 Å². The summed E-state index contributed by atoms with van der Waals surface area (Å²) in [5.74, 6) is 1.15. The standard InChI is InChI=1S/C17H20N4O/c1-11-2-3-15-14(8-11)16(20-19-15)17(22)21-9-13(10-21)12-4-6-18-7-5-12/h4-7,11,13H,2-3,8-10H2,1H3,(H,19,20)/t11-/m0/s1. The van der Waals surface area contributed by atoms with E-state index < -0.39 is 0 Å². The molecule has 1 saturated heterocycles. The monoisotopic (exact) mass is 296 g/mol. The fourth-order valence-corrected chi connectivity index (χ4v) is 3.49. The number of pyridine rings is 1. The molecule has 0 aromatic carbocycles. The highest BCUT2D eigenvalue weighted by molar-refractivity contribution is 5.94. The van der Waals surface area contributed by atoms with Crippen LogP contribution in [0.1, 0.15) is 46.6 Å². The minimum atomic E-state index is 0.0805. The maximum absolute atomic E-state index is 12.7. The summed E-state index contributed by atoms with van der Waals surface area (Å²) in [6, 6.07) is 4.06. The van der Waals surface area contributed by atoms with Gasteiger partial charge >= 0.3 is 0 Å². The maximum Gasteiger partial charge on any atom is 0.274 e. The summed E-state index contributed by atoms with van der Waals surface area (Å²) < 4.78 is 0. The van der Waals surface area contributed by atoms with Crippen LogP contribution in [0.2, 0.25) is 0 Å². The Hall–Kier alpha value is -2.17. The Labute approximate surface area is 129 Å². The van der Waals surface area contributed by atoms with Gasteiger partial charge in [0.05, 0.1) is 0 Å². The lowest BCUT2D eigenvalue weighted by Gasteiger charge is -2.39. The Morgan fingerprint density at radius 3 is 2.86 bits per heavy atom. The van der Waals surface area contributed by atoms with Gasteiger partial charge in [0.2, 0.25) is 0 Å². The number of nitrogens with zero attached hydrogens (tertiary/aromatic N) is 3. The van der Waals surface area contributed by atoms with E-state index in [0.717, 1.165) is 37.2 Å². The van der Waals surface area contributed by atoms with Gasteiger partial charge in [0, 0.05) is 42.7 Å². The van der Waals surface area contributed by atoms with E-state index in [0.29, 0.717) is 17.5 Å². The van der Waals surface area contributed by atoms with E-state index in [1.165, 1.54) is 12.0 Å². The Morgan fingerprint density at radius 1 is 1.32 bits per heavy atom. The van der Waals surface area contributed by atoms with E-state index >= 15 is 0 Å². The number of rotatable bonds is 2. The SMILES string of the molecule is C[C@H]1CCc2[nH]nc(C(=O)N3CC(c4ccncc4)C3)c2C1. The van der Waals surface area contributed by atoms with Crippen LogP contribution < -0.4 is 0 Å². The smallest absolute Gasteiger partial charge is 0.274 e. The van der Waals surface area contributed by atoms with Gasteiger partial charge in [-0.05, 0) is 42.9 Å². The first-order valence-electron chi connectivity index (χ1n) is 7.97. The highest BCUT2D eigenvalue weighted by atomic mass is 16.2. The summed E-state index contributed by atoms with van der Waals surface area (Å²) in [4.78, 5) is 18.6. The lowest BCUT2D eigenvalue weighted by Crippen LogP contribution is -2.48. The third kappa shape index (κ3) is 2.21. The highest BCUT2D eigenvalue weighted by Gasteiger charge is 2.35. The molecule has 1 fully saturated rings. The molecule has 114 valence electrons. The molecule has 3 heterocycles. The van der Waals surface area contributed by atoms with Gasteiger partial charge in [-0.25, -0.2) is 0 Å². The van der Waals surface area contributed by atoms with Crippen molar-refractivity contribution in [1.82, 2.24) is 20.1 Å². The van der Waals surface area contributed by atoms with Crippen LogP contribution in [0, 0.1) is 5.92 Å². The van der Waals surface area contributed by atoms with Gasteiger partial charge in [-0.3, -0.25) is 14.9 Å².